The summed E-state index contributed by atoms with van der Waals surface area (Å²) in [6, 6.07) is 5.00. The molecule has 4 aromatic rings. The Hall–Kier alpha value is -3.50. The molecule has 2 aliphatic rings. The minimum Gasteiger partial charge on any atom is -0.344 e. The molecule has 34 heavy (non-hydrogen) atoms. The molecule has 11 heteroatoms. The quantitative estimate of drug-likeness (QED) is 0.400. The Morgan fingerprint density at radius 2 is 2.09 bits per heavy atom. The molecule has 4 N–H and O–H groups in total. The van der Waals surface area contributed by atoms with Gasteiger partial charge in [0.1, 0.15) is 22.9 Å². The summed E-state index contributed by atoms with van der Waals surface area (Å²) < 4.78 is 1.74. The maximum absolute atomic E-state index is 13.2. The predicted octanol–water partition coefficient (Wildman–Crippen LogP) is 1.84. The number of fused-ring (bicyclic) bond motifs is 2. The van der Waals surface area contributed by atoms with E-state index in [-0.39, 0.29) is 23.8 Å². The maximum atomic E-state index is 13.2. The summed E-state index contributed by atoms with van der Waals surface area (Å²) in [6.45, 7) is 1.06. The van der Waals surface area contributed by atoms with Crippen LogP contribution in [0.5, 0.6) is 0 Å². The van der Waals surface area contributed by atoms with Crippen LogP contribution in [0, 0.1) is 5.92 Å². The third-order valence-corrected chi connectivity index (χ3v) is 6.78. The van der Waals surface area contributed by atoms with Gasteiger partial charge in [0.2, 0.25) is 5.91 Å². The molecule has 0 radical (unpaired) electrons. The lowest BCUT2D eigenvalue weighted by molar-refractivity contribution is -0.138. The Balaban J connectivity index is 1.32. The molecule has 174 valence electrons. The standard InChI is InChI=1S/C23H23ClN8O2/c1-31-17-6-12(24)4-5-14(17)19(30-31)16-8-27-21-20(28-16)15(7-26-21)22(33)29-18(11-2-3-11)23(34)32-9-13(25)10-32/h4-8,11,13,18H,2-3,9-10,25H2,1H3,(H,26,27)(H,29,33)/t18-/m1/s1. The molecular formula is C23H23ClN8O2. The highest BCUT2D eigenvalue weighted by atomic mass is 35.5. The average Bonchev–Trinajstić information content (AvgIpc) is 3.47. The molecule has 6 rings (SSSR count). The van der Waals surface area contributed by atoms with Crippen LogP contribution < -0.4 is 11.1 Å². The van der Waals surface area contributed by atoms with Gasteiger partial charge in [0.15, 0.2) is 5.65 Å². The molecule has 2 amide bonds. The highest BCUT2D eigenvalue weighted by Gasteiger charge is 2.42. The summed E-state index contributed by atoms with van der Waals surface area (Å²) in [7, 11) is 1.84. The summed E-state index contributed by atoms with van der Waals surface area (Å²) in [5.74, 6) is -0.264. The molecule has 1 atom stereocenters. The molecule has 1 aromatic carbocycles. The van der Waals surface area contributed by atoms with Crippen LogP contribution in [0.3, 0.4) is 0 Å². The van der Waals surface area contributed by atoms with E-state index in [2.05, 4.69) is 20.4 Å². The van der Waals surface area contributed by atoms with Crippen LogP contribution in [-0.4, -0.2) is 66.6 Å². The fourth-order valence-corrected chi connectivity index (χ4v) is 4.68. The largest absolute Gasteiger partial charge is 0.344 e. The van der Waals surface area contributed by atoms with E-state index in [0.717, 1.165) is 23.7 Å². The van der Waals surface area contributed by atoms with E-state index in [4.69, 9.17) is 22.3 Å². The number of halogens is 1. The van der Waals surface area contributed by atoms with Gasteiger partial charge in [-0.25, -0.2) is 9.97 Å². The average molecular weight is 479 g/mol. The molecule has 0 bridgehead atoms. The van der Waals surface area contributed by atoms with Gasteiger partial charge in [-0.2, -0.15) is 5.10 Å². The number of hydrogen-bond acceptors (Lipinski definition) is 6. The second-order valence-electron chi connectivity index (χ2n) is 9.08. The number of benzene rings is 1. The Labute approximate surface area is 199 Å². The van der Waals surface area contributed by atoms with Crippen LogP contribution in [0.1, 0.15) is 23.2 Å². The predicted molar refractivity (Wildman–Crippen MR) is 127 cm³/mol. The Morgan fingerprint density at radius 1 is 1.29 bits per heavy atom. The summed E-state index contributed by atoms with van der Waals surface area (Å²) in [4.78, 5) is 40.0. The summed E-state index contributed by atoms with van der Waals surface area (Å²) >= 11 is 6.14. The van der Waals surface area contributed by atoms with Gasteiger partial charge in [-0.1, -0.05) is 11.6 Å². The lowest BCUT2D eigenvalue weighted by Crippen LogP contribution is -2.62. The number of nitrogens with two attached hydrogens (primary N) is 1. The van der Waals surface area contributed by atoms with Crippen molar-refractivity contribution >= 4 is 45.5 Å². The van der Waals surface area contributed by atoms with Crippen molar-refractivity contribution in [1.82, 2.24) is 34.9 Å². The topological polar surface area (TPSA) is 135 Å². The van der Waals surface area contributed by atoms with Crippen LogP contribution in [0.25, 0.3) is 33.5 Å². The van der Waals surface area contributed by atoms with Crippen LogP contribution in [0.4, 0.5) is 0 Å². The van der Waals surface area contributed by atoms with Crippen LogP contribution in [-0.2, 0) is 11.8 Å². The van der Waals surface area contributed by atoms with Crippen molar-refractivity contribution in [3.8, 4) is 11.4 Å². The molecule has 1 saturated heterocycles. The molecular weight excluding hydrogens is 456 g/mol. The summed E-state index contributed by atoms with van der Waals surface area (Å²) in [5, 5.41) is 9.04. The number of aryl methyl sites for hydroxylation is 1. The van der Waals surface area contributed by atoms with Crippen LogP contribution in [0.15, 0.2) is 30.6 Å². The number of nitrogens with one attached hydrogen (secondary N) is 2. The van der Waals surface area contributed by atoms with E-state index in [0.29, 0.717) is 46.2 Å². The first-order chi connectivity index (χ1) is 16.4. The zero-order chi connectivity index (χ0) is 23.6. The van der Waals surface area contributed by atoms with Gasteiger partial charge in [-0.3, -0.25) is 14.3 Å². The summed E-state index contributed by atoms with van der Waals surface area (Å²) in [5.41, 5.74) is 9.14. The van der Waals surface area contributed by atoms with E-state index in [9.17, 15) is 9.59 Å². The van der Waals surface area contributed by atoms with E-state index < -0.39 is 6.04 Å². The zero-order valence-electron chi connectivity index (χ0n) is 18.5. The van der Waals surface area contributed by atoms with Crippen molar-refractivity contribution in [3.05, 3.63) is 41.2 Å². The number of amides is 2. The van der Waals surface area contributed by atoms with E-state index >= 15 is 0 Å². The van der Waals surface area contributed by atoms with E-state index in [1.54, 1.807) is 28.0 Å². The molecule has 1 aliphatic heterocycles. The third kappa shape index (κ3) is 3.50. The summed E-state index contributed by atoms with van der Waals surface area (Å²) in [6.07, 6.45) is 5.05. The van der Waals surface area contributed by atoms with Crippen molar-refractivity contribution < 1.29 is 9.59 Å². The van der Waals surface area contributed by atoms with Crippen molar-refractivity contribution in [3.63, 3.8) is 0 Å². The Bertz CT molecular complexity index is 1450. The first-order valence-electron chi connectivity index (χ1n) is 11.2. The second-order valence-corrected chi connectivity index (χ2v) is 9.52. The number of hydrogen-bond donors (Lipinski definition) is 3. The lowest BCUT2D eigenvalue weighted by Gasteiger charge is -2.39. The van der Waals surface area contributed by atoms with Crippen LogP contribution >= 0.6 is 11.6 Å². The number of likely N-dealkylation sites (tertiary alicyclic amines) is 1. The molecule has 0 spiro atoms. The first-order valence-corrected chi connectivity index (χ1v) is 11.6. The lowest BCUT2D eigenvalue weighted by atomic mass is 10.0. The number of aromatic amines is 1. The second kappa shape index (κ2) is 7.78. The number of aromatic nitrogens is 5. The molecule has 3 aromatic heterocycles. The van der Waals surface area contributed by atoms with Gasteiger partial charge in [0.05, 0.1) is 17.3 Å². The van der Waals surface area contributed by atoms with Crippen LogP contribution in [0.2, 0.25) is 5.02 Å². The number of carbonyl (C=O) groups excluding carboxylic acids is 2. The molecule has 0 unspecified atom stereocenters. The highest BCUT2D eigenvalue weighted by Crippen LogP contribution is 2.34. The monoisotopic (exact) mass is 478 g/mol. The molecule has 10 nitrogen and oxygen atoms in total. The van der Waals surface area contributed by atoms with Gasteiger partial charge < -0.3 is 20.9 Å². The zero-order valence-corrected chi connectivity index (χ0v) is 19.2. The van der Waals surface area contributed by atoms with Crippen molar-refractivity contribution in [2.24, 2.45) is 18.7 Å². The fraction of sp³-hybridized carbons (Fsp3) is 0.348. The number of rotatable bonds is 5. The minimum atomic E-state index is -0.550. The van der Waals surface area contributed by atoms with Gasteiger partial charge in [-0.15, -0.1) is 0 Å². The molecule has 2 fully saturated rings. The van der Waals surface area contributed by atoms with Gasteiger partial charge in [0.25, 0.3) is 5.91 Å². The van der Waals surface area contributed by atoms with Crippen molar-refractivity contribution in [2.75, 3.05) is 13.1 Å². The maximum Gasteiger partial charge on any atom is 0.255 e. The number of H-pyrrole nitrogens is 1. The van der Waals surface area contributed by atoms with Gasteiger partial charge in [0, 0.05) is 42.8 Å². The Kier molecular flexibility index (Phi) is 4.82. The number of carbonyl (C=O) groups is 2. The molecule has 1 saturated carbocycles. The highest BCUT2D eigenvalue weighted by molar-refractivity contribution is 6.31. The first kappa shape index (κ1) is 21.1. The fourth-order valence-electron chi connectivity index (χ4n) is 4.52. The van der Waals surface area contributed by atoms with Crippen molar-refractivity contribution in [1.29, 1.82) is 0 Å². The normalized spacial score (nSPS) is 17.2. The SMILES string of the molecule is Cn1nc(-c2cnc3[nH]cc(C(=O)N[C@@H](C(=O)N4CC(N)C4)C4CC4)c3n2)c2ccc(Cl)cc21. The van der Waals surface area contributed by atoms with Crippen molar-refractivity contribution in [2.45, 2.75) is 24.9 Å². The van der Waals surface area contributed by atoms with E-state index in [1.165, 1.54) is 0 Å². The van der Waals surface area contributed by atoms with E-state index in [1.807, 2.05) is 19.2 Å². The Morgan fingerprint density at radius 3 is 2.82 bits per heavy atom. The smallest absolute Gasteiger partial charge is 0.255 e. The third-order valence-electron chi connectivity index (χ3n) is 6.55. The number of nitrogens with zero attached hydrogens (tertiary/aromatic N) is 5. The van der Waals surface area contributed by atoms with Gasteiger partial charge >= 0.3 is 0 Å². The van der Waals surface area contributed by atoms with Gasteiger partial charge in [-0.05, 0) is 37.0 Å². The molecule has 1 aliphatic carbocycles. The molecule has 4 heterocycles. The minimum absolute atomic E-state index is 0.0144.